The molecule has 1 fully saturated rings. The zero-order valence-corrected chi connectivity index (χ0v) is 14.6. The monoisotopic (exact) mass is 308 g/mol. The van der Waals surface area contributed by atoms with Gasteiger partial charge in [-0.05, 0) is 68.0 Å². The molecule has 0 spiro atoms. The lowest BCUT2D eigenvalue weighted by molar-refractivity contribution is -0.144. The molecule has 3 rings (SSSR count). The topological polar surface area (TPSA) is 26.3 Å². The molecule has 0 aliphatic carbocycles. The van der Waals surface area contributed by atoms with E-state index in [4.69, 9.17) is 4.74 Å². The summed E-state index contributed by atoms with van der Waals surface area (Å²) in [5.41, 5.74) is 6.25. The maximum Gasteiger partial charge on any atom is 0.321 e. The van der Waals surface area contributed by atoms with Crippen molar-refractivity contribution in [3.63, 3.8) is 0 Å². The summed E-state index contributed by atoms with van der Waals surface area (Å²) in [6.07, 6.45) is 0.628. The molecule has 0 radical (unpaired) electrons. The number of ether oxygens (including phenoxy) is 1. The van der Waals surface area contributed by atoms with E-state index >= 15 is 0 Å². The van der Waals surface area contributed by atoms with Crippen LogP contribution in [0.3, 0.4) is 0 Å². The van der Waals surface area contributed by atoms with Crippen molar-refractivity contribution in [3.8, 4) is 0 Å². The molecular weight excluding hydrogens is 284 g/mol. The predicted octanol–water partition coefficient (Wildman–Crippen LogP) is 4.54. The molecule has 0 amide bonds. The zero-order chi connectivity index (χ0) is 16.8. The van der Waals surface area contributed by atoms with Crippen molar-refractivity contribution in [2.45, 2.75) is 52.6 Å². The first-order valence-electron chi connectivity index (χ1n) is 8.22. The van der Waals surface area contributed by atoms with E-state index in [1.165, 1.54) is 22.3 Å². The highest BCUT2D eigenvalue weighted by molar-refractivity contribution is 5.91. The SMILES string of the molecule is Cc1cccc(C2(c3cccc(C)c3C)CC(C)OC2=O)c1C. The fraction of sp³-hybridized carbons (Fsp3) is 0.381. The molecule has 2 aromatic rings. The Morgan fingerprint density at radius 1 is 0.913 bits per heavy atom. The van der Waals surface area contributed by atoms with E-state index in [9.17, 15) is 4.79 Å². The largest absolute Gasteiger partial charge is 0.462 e. The summed E-state index contributed by atoms with van der Waals surface area (Å²) in [4.78, 5) is 13.0. The van der Waals surface area contributed by atoms with Gasteiger partial charge in [0.15, 0.2) is 0 Å². The molecule has 1 aliphatic rings. The lowest BCUT2D eigenvalue weighted by Gasteiger charge is -2.30. The first kappa shape index (κ1) is 15.8. The highest BCUT2D eigenvalue weighted by atomic mass is 16.6. The summed E-state index contributed by atoms with van der Waals surface area (Å²) < 4.78 is 5.64. The van der Waals surface area contributed by atoms with E-state index in [0.717, 1.165) is 11.1 Å². The van der Waals surface area contributed by atoms with Crippen LogP contribution in [0.1, 0.15) is 46.7 Å². The van der Waals surface area contributed by atoms with Crippen LogP contribution < -0.4 is 0 Å². The summed E-state index contributed by atoms with van der Waals surface area (Å²) in [7, 11) is 0. The van der Waals surface area contributed by atoms with Gasteiger partial charge in [0.2, 0.25) is 0 Å². The van der Waals surface area contributed by atoms with Crippen LogP contribution in [0.4, 0.5) is 0 Å². The number of rotatable bonds is 2. The molecule has 0 aromatic heterocycles. The fourth-order valence-corrected chi connectivity index (χ4v) is 3.85. The van der Waals surface area contributed by atoms with Gasteiger partial charge in [-0.3, -0.25) is 4.79 Å². The standard InChI is InChI=1S/C21H24O2/c1-13-8-6-10-18(16(13)4)21(12-15(3)23-20(21)22)19-11-7-9-14(2)17(19)5/h6-11,15H,12H2,1-5H3. The number of carbonyl (C=O) groups is 1. The molecule has 0 bridgehead atoms. The molecule has 0 N–H and O–H groups in total. The van der Waals surface area contributed by atoms with Crippen LogP contribution in [-0.2, 0) is 14.9 Å². The van der Waals surface area contributed by atoms with Crippen molar-refractivity contribution in [3.05, 3.63) is 69.8 Å². The van der Waals surface area contributed by atoms with Gasteiger partial charge in [-0.2, -0.15) is 0 Å². The summed E-state index contributed by atoms with van der Waals surface area (Å²) in [6.45, 7) is 10.4. The van der Waals surface area contributed by atoms with Gasteiger partial charge in [-0.15, -0.1) is 0 Å². The van der Waals surface area contributed by atoms with Crippen molar-refractivity contribution in [2.75, 3.05) is 0 Å². The van der Waals surface area contributed by atoms with Gasteiger partial charge in [0.1, 0.15) is 11.5 Å². The third-order valence-corrected chi connectivity index (χ3v) is 5.38. The summed E-state index contributed by atoms with van der Waals surface area (Å²) in [6, 6.07) is 12.5. The van der Waals surface area contributed by atoms with Gasteiger partial charge in [0, 0.05) is 6.42 Å². The number of carbonyl (C=O) groups excluding carboxylic acids is 1. The van der Waals surface area contributed by atoms with E-state index in [-0.39, 0.29) is 12.1 Å². The van der Waals surface area contributed by atoms with Gasteiger partial charge in [-0.1, -0.05) is 36.4 Å². The second kappa shape index (κ2) is 5.52. The highest BCUT2D eigenvalue weighted by Crippen LogP contribution is 2.46. The zero-order valence-electron chi connectivity index (χ0n) is 14.6. The van der Waals surface area contributed by atoms with E-state index < -0.39 is 5.41 Å². The Balaban J connectivity index is 2.35. The Morgan fingerprint density at radius 3 is 1.78 bits per heavy atom. The molecular formula is C21H24O2. The number of esters is 1. The minimum atomic E-state index is -0.689. The third kappa shape index (κ3) is 2.28. The summed E-state index contributed by atoms with van der Waals surface area (Å²) >= 11 is 0. The van der Waals surface area contributed by atoms with Crippen LogP contribution in [0.2, 0.25) is 0 Å². The Bertz CT molecular complexity index is 722. The van der Waals surface area contributed by atoms with Crippen LogP contribution in [0.5, 0.6) is 0 Å². The second-order valence-corrected chi connectivity index (χ2v) is 6.82. The Morgan fingerprint density at radius 2 is 1.39 bits per heavy atom. The molecule has 23 heavy (non-hydrogen) atoms. The number of hydrogen-bond donors (Lipinski definition) is 0. The van der Waals surface area contributed by atoms with Crippen LogP contribution in [0.15, 0.2) is 36.4 Å². The summed E-state index contributed by atoms with van der Waals surface area (Å²) in [5, 5.41) is 0. The molecule has 1 saturated heterocycles. The Kier molecular flexibility index (Phi) is 3.79. The van der Waals surface area contributed by atoms with Crippen LogP contribution in [0.25, 0.3) is 0 Å². The molecule has 2 aromatic carbocycles. The molecule has 2 nitrogen and oxygen atoms in total. The van der Waals surface area contributed by atoms with Gasteiger partial charge in [-0.25, -0.2) is 0 Å². The van der Waals surface area contributed by atoms with E-state index in [1.54, 1.807) is 0 Å². The highest BCUT2D eigenvalue weighted by Gasteiger charge is 2.51. The number of hydrogen-bond acceptors (Lipinski definition) is 2. The maximum absolute atomic E-state index is 13.0. The number of cyclic esters (lactones) is 1. The third-order valence-electron chi connectivity index (χ3n) is 5.38. The molecule has 0 saturated carbocycles. The fourth-order valence-electron chi connectivity index (χ4n) is 3.85. The average Bonchev–Trinajstić information content (AvgIpc) is 2.80. The van der Waals surface area contributed by atoms with Crippen molar-refractivity contribution in [1.29, 1.82) is 0 Å². The Hall–Kier alpha value is -2.09. The lowest BCUT2D eigenvalue weighted by Crippen LogP contribution is -2.35. The van der Waals surface area contributed by atoms with Gasteiger partial charge in [0.05, 0.1) is 0 Å². The van der Waals surface area contributed by atoms with Gasteiger partial charge in [0.25, 0.3) is 0 Å². The van der Waals surface area contributed by atoms with Gasteiger partial charge < -0.3 is 4.74 Å². The first-order chi connectivity index (χ1) is 10.9. The minimum absolute atomic E-state index is 0.0673. The van der Waals surface area contributed by atoms with Crippen molar-refractivity contribution >= 4 is 5.97 Å². The second-order valence-electron chi connectivity index (χ2n) is 6.82. The average molecular weight is 308 g/mol. The molecule has 120 valence electrons. The molecule has 1 unspecified atom stereocenters. The number of benzene rings is 2. The smallest absolute Gasteiger partial charge is 0.321 e. The van der Waals surface area contributed by atoms with E-state index in [1.807, 2.05) is 19.1 Å². The van der Waals surface area contributed by atoms with Crippen LogP contribution in [0, 0.1) is 27.7 Å². The number of aryl methyl sites for hydroxylation is 2. The van der Waals surface area contributed by atoms with Crippen LogP contribution in [-0.4, -0.2) is 12.1 Å². The molecule has 1 heterocycles. The van der Waals surface area contributed by atoms with Crippen molar-refractivity contribution < 1.29 is 9.53 Å². The summed E-state index contributed by atoms with van der Waals surface area (Å²) in [5.74, 6) is -0.118. The maximum atomic E-state index is 13.0. The normalized spacial score (nSPS) is 19.7. The van der Waals surface area contributed by atoms with E-state index in [2.05, 4.69) is 52.0 Å². The van der Waals surface area contributed by atoms with Crippen LogP contribution >= 0.6 is 0 Å². The van der Waals surface area contributed by atoms with Gasteiger partial charge >= 0.3 is 5.97 Å². The first-order valence-corrected chi connectivity index (χ1v) is 8.22. The molecule has 2 heteroatoms. The lowest BCUT2D eigenvalue weighted by atomic mass is 9.69. The van der Waals surface area contributed by atoms with E-state index in [0.29, 0.717) is 6.42 Å². The predicted molar refractivity (Wildman–Crippen MR) is 92.8 cm³/mol. The van der Waals surface area contributed by atoms with Crippen molar-refractivity contribution in [1.82, 2.24) is 0 Å². The molecule has 1 aliphatic heterocycles. The minimum Gasteiger partial charge on any atom is -0.462 e. The van der Waals surface area contributed by atoms with Crippen molar-refractivity contribution in [2.24, 2.45) is 0 Å². The Labute approximate surface area is 138 Å². The molecule has 1 atom stereocenters. The quantitative estimate of drug-likeness (QED) is 0.761.